The van der Waals surface area contributed by atoms with E-state index in [2.05, 4.69) is 6.58 Å². The lowest BCUT2D eigenvalue weighted by Gasteiger charge is -2.24. The molecule has 0 aromatic heterocycles. The number of carboxylic acid groups (broad SMARTS) is 1. The minimum Gasteiger partial charge on any atom is -0.491 e. The predicted octanol–water partition coefficient (Wildman–Crippen LogP) is 0.727. The number of hydrogen-bond acceptors (Lipinski definition) is 3. The Bertz CT molecular complexity index is 193. The van der Waals surface area contributed by atoms with E-state index in [-0.39, 0.29) is 5.76 Å². The average Bonchev–Trinajstić information content (AvgIpc) is 1.82. The van der Waals surface area contributed by atoms with E-state index < -0.39 is 17.6 Å². The molecule has 0 aliphatic rings. The van der Waals surface area contributed by atoms with E-state index >= 15 is 0 Å². The lowest BCUT2D eigenvalue weighted by atomic mass is 10.2. The first-order valence-corrected chi connectivity index (χ1v) is 3.60. The van der Waals surface area contributed by atoms with Crippen LogP contribution in [0.3, 0.4) is 0 Å². The lowest BCUT2D eigenvalue weighted by Crippen LogP contribution is -2.35. The summed E-state index contributed by atoms with van der Waals surface area (Å²) in [5, 5.41) is 8.48. The highest BCUT2D eigenvalue weighted by Gasteiger charge is 2.21. The van der Waals surface area contributed by atoms with Crippen LogP contribution in [0.25, 0.3) is 0 Å². The maximum atomic E-state index is 10.4. The highest BCUT2D eigenvalue weighted by atomic mass is 16.5. The molecule has 0 spiro atoms. The Morgan fingerprint density at radius 2 is 2.00 bits per heavy atom. The Morgan fingerprint density at radius 1 is 1.58 bits per heavy atom. The van der Waals surface area contributed by atoms with E-state index in [0.717, 1.165) is 0 Å². The molecule has 1 atom stereocenters. The number of hydrogen-bond donors (Lipinski definition) is 2. The third-order valence-electron chi connectivity index (χ3n) is 1.05. The number of nitrogens with two attached hydrogens (primary N) is 1. The first-order valence-electron chi connectivity index (χ1n) is 3.60. The Balaban J connectivity index is 4.15. The van der Waals surface area contributed by atoms with E-state index in [4.69, 9.17) is 15.6 Å². The van der Waals surface area contributed by atoms with Crippen LogP contribution in [-0.2, 0) is 9.53 Å². The van der Waals surface area contributed by atoms with Gasteiger partial charge in [0.05, 0.1) is 0 Å². The van der Waals surface area contributed by atoms with Gasteiger partial charge in [0, 0.05) is 0 Å². The SMILES string of the molecule is C=C(OC(C)(C)C)[C@H](N)C(=O)O. The molecule has 3 N–H and O–H groups in total. The van der Waals surface area contributed by atoms with E-state index in [0.29, 0.717) is 0 Å². The van der Waals surface area contributed by atoms with Crippen molar-refractivity contribution in [3.8, 4) is 0 Å². The van der Waals surface area contributed by atoms with Crippen LogP contribution in [0.2, 0.25) is 0 Å². The number of ether oxygens (including phenoxy) is 1. The summed E-state index contributed by atoms with van der Waals surface area (Å²) in [4.78, 5) is 10.4. The minimum atomic E-state index is -1.15. The van der Waals surface area contributed by atoms with Gasteiger partial charge in [-0.2, -0.15) is 0 Å². The number of rotatable bonds is 3. The summed E-state index contributed by atoms with van der Waals surface area (Å²) in [6.45, 7) is 8.83. The van der Waals surface area contributed by atoms with Gasteiger partial charge in [0.15, 0.2) is 6.04 Å². The van der Waals surface area contributed by atoms with E-state index in [1.807, 2.05) is 0 Å². The molecule has 0 amide bonds. The van der Waals surface area contributed by atoms with Crippen molar-refractivity contribution in [2.75, 3.05) is 0 Å². The van der Waals surface area contributed by atoms with Crippen molar-refractivity contribution in [1.82, 2.24) is 0 Å². The van der Waals surface area contributed by atoms with Gasteiger partial charge in [0.2, 0.25) is 0 Å². The van der Waals surface area contributed by atoms with Gasteiger partial charge in [0.1, 0.15) is 11.4 Å². The Kier molecular flexibility index (Phi) is 3.27. The van der Waals surface area contributed by atoms with Crippen molar-refractivity contribution < 1.29 is 14.6 Å². The van der Waals surface area contributed by atoms with Gasteiger partial charge >= 0.3 is 5.97 Å². The van der Waals surface area contributed by atoms with Crippen LogP contribution in [-0.4, -0.2) is 22.7 Å². The molecule has 0 aliphatic carbocycles. The number of aliphatic carboxylic acids is 1. The summed E-state index contributed by atoms with van der Waals surface area (Å²) >= 11 is 0. The molecule has 4 nitrogen and oxygen atoms in total. The molecule has 0 heterocycles. The van der Waals surface area contributed by atoms with Crippen molar-refractivity contribution in [2.24, 2.45) is 5.73 Å². The zero-order valence-electron chi connectivity index (χ0n) is 7.63. The first-order chi connectivity index (χ1) is 5.24. The van der Waals surface area contributed by atoms with Crippen molar-refractivity contribution in [3.63, 3.8) is 0 Å². The zero-order chi connectivity index (χ0) is 9.94. The molecule has 0 aromatic rings. The largest absolute Gasteiger partial charge is 0.491 e. The number of carbonyl (C=O) groups is 1. The van der Waals surface area contributed by atoms with Gasteiger partial charge in [-0.3, -0.25) is 4.79 Å². The molecule has 0 radical (unpaired) electrons. The molecule has 0 aliphatic heterocycles. The van der Waals surface area contributed by atoms with Gasteiger partial charge in [0.25, 0.3) is 0 Å². The molecule has 0 aromatic carbocycles. The maximum Gasteiger partial charge on any atom is 0.328 e. The average molecular weight is 173 g/mol. The molecular weight excluding hydrogens is 158 g/mol. The van der Waals surface area contributed by atoms with Gasteiger partial charge in [-0.05, 0) is 20.8 Å². The fourth-order valence-corrected chi connectivity index (χ4v) is 0.594. The number of carboxylic acids is 1. The first kappa shape index (κ1) is 11.0. The van der Waals surface area contributed by atoms with Crippen LogP contribution in [0, 0.1) is 0 Å². The summed E-state index contributed by atoms with van der Waals surface area (Å²) in [6, 6.07) is -1.15. The van der Waals surface area contributed by atoms with Gasteiger partial charge < -0.3 is 15.6 Å². The molecule has 4 heteroatoms. The Labute approximate surface area is 72.0 Å². The van der Waals surface area contributed by atoms with Crippen molar-refractivity contribution in [3.05, 3.63) is 12.3 Å². The smallest absolute Gasteiger partial charge is 0.328 e. The third-order valence-corrected chi connectivity index (χ3v) is 1.05. The predicted molar refractivity (Wildman–Crippen MR) is 45.6 cm³/mol. The summed E-state index contributed by atoms with van der Waals surface area (Å²) < 4.78 is 5.16. The lowest BCUT2D eigenvalue weighted by molar-refractivity contribution is -0.139. The minimum absolute atomic E-state index is 0.0787. The zero-order valence-corrected chi connectivity index (χ0v) is 7.63. The van der Waals surface area contributed by atoms with Crippen LogP contribution in [0.5, 0.6) is 0 Å². The van der Waals surface area contributed by atoms with Crippen molar-refractivity contribution in [2.45, 2.75) is 32.4 Å². The highest BCUT2D eigenvalue weighted by molar-refractivity contribution is 5.76. The van der Waals surface area contributed by atoms with E-state index in [9.17, 15) is 4.79 Å². The van der Waals surface area contributed by atoms with Gasteiger partial charge in [-0.25, -0.2) is 0 Å². The molecule has 0 bridgehead atoms. The quantitative estimate of drug-likeness (QED) is 0.617. The van der Waals surface area contributed by atoms with Crippen molar-refractivity contribution >= 4 is 5.97 Å². The second kappa shape index (κ2) is 3.58. The van der Waals surface area contributed by atoms with Crippen LogP contribution in [0.1, 0.15) is 20.8 Å². The normalized spacial score (nSPS) is 13.7. The molecule has 12 heavy (non-hydrogen) atoms. The summed E-state index contributed by atoms with van der Waals surface area (Å²) in [7, 11) is 0. The standard InChI is InChI=1S/C8H15NO3/c1-5(6(9)7(10)11)12-8(2,3)4/h6H,1,9H2,2-4H3,(H,10,11)/t6-/m0/s1. The fraction of sp³-hybridized carbons (Fsp3) is 0.625. The maximum absolute atomic E-state index is 10.4. The van der Waals surface area contributed by atoms with Crippen LogP contribution in [0.4, 0.5) is 0 Å². The van der Waals surface area contributed by atoms with Crippen LogP contribution >= 0.6 is 0 Å². The summed E-state index contributed by atoms with van der Waals surface area (Å²) in [5.41, 5.74) is 4.79. The van der Waals surface area contributed by atoms with E-state index in [1.165, 1.54) is 0 Å². The molecular formula is C8H15NO3. The topological polar surface area (TPSA) is 72.5 Å². The third kappa shape index (κ3) is 3.98. The second-order valence-electron chi connectivity index (χ2n) is 3.50. The molecule has 0 fully saturated rings. The van der Waals surface area contributed by atoms with Crippen molar-refractivity contribution in [1.29, 1.82) is 0 Å². The monoisotopic (exact) mass is 173 g/mol. The molecule has 0 saturated heterocycles. The Hall–Kier alpha value is -1.03. The summed E-state index contributed by atoms with van der Waals surface area (Å²) in [5.74, 6) is -1.06. The summed E-state index contributed by atoms with van der Waals surface area (Å²) in [6.07, 6.45) is 0. The molecule has 0 saturated carbocycles. The Morgan fingerprint density at radius 3 is 2.25 bits per heavy atom. The molecule has 0 rings (SSSR count). The fourth-order valence-electron chi connectivity index (χ4n) is 0.594. The van der Waals surface area contributed by atoms with Gasteiger partial charge in [-0.15, -0.1) is 0 Å². The highest BCUT2D eigenvalue weighted by Crippen LogP contribution is 2.13. The van der Waals surface area contributed by atoms with Crippen LogP contribution in [0.15, 0.2) is 12.3 Å². The molecule has 0 unspecified atom stereocenters. The van der Waals surface area contributed by atoms with Crippen LogP contribution < -0.4 is 5.73 Å². The second-order valence-corrected chi connectivity index (χ2v) is 3.50. The van der Waals surface area contributed by atoms with Gasteiger partial charge in [-0.1, -0.05) is 6.58 Å². The molecule has 70 valence electrons. The van der Waals surface area contributed by atoms with E-state index in [1.54, 1.807) is 20.8 Å².